The average Bonchev–Trinajstić information content (AvgIpc) is 3.48. The van der Waals surface area contributed by atoms with E-state index >= 15 is 0 Å². The van der Waals surface area contributed by atoms with Gasteiger partial charge >= 0.3 is 0 Å². The minimum atomic E-state index is -1.38. The van der Waals surface area contributed by atoms with Crippen molar-refractivity contribution in [1.82, 2.24) is 0 Å². The summed E-state index contributed by atoms with van der Waals surface area (Å²) in [6.45, 7) is 0. The number of anilines is 3. The van der Waals surface area contributed by atoms with Crippen molar-refractivity contribution < 1.29 is 14.4 Å². The summed E-state index contributed by atoms with van der Waals surface area (Å²) >= 11 is 43.7. The summed E-state index contributed by atoms with van der Waals surface area (Å²) in [5.74, 6) is -3.10. The number of carbonyl (C=O) groups is 3. The van der Waals surface area contributed by atoms with E-state index in [4.69, 9.17) is 86.5 Å². The summed E-state index contributed by atoms with van der Waals surface area (Å²) in [4.78, 5) is 38.0. The number of alkyl halides is 2. The molecule has 0 unspecified atom stereocenters. The Morgan fingerprint density at radius 3 is 2.17 bits per heavy atom. The fourth-order valence-corrected chi connectivity index (χ4v) is 5.83. The highest BCUT2D eigenvalue weighted by Crippen LogP contribution is 2.65. The SMILES string of the molecule is N#CCC(=O)Nc1c(Cl)ccc(NC(=O)c2cc(NC(=O)[C@H]3[C@H](c4ccc(Cl)c(Cl)c4)C3(Cl)Cl)ccc2Cl)c1Cl. The van der Waals surface area contributed by atoms with Crippen molar-refractivity contribution in [3.05, 3.63) is 84.8 Å². The second kappa shape index (κ2) is 12.2. The van der Waals surface area contributed by atoms with Crippen molar-refractivity contribution in [2.24, 2.45) is 5.92 Å². The highest BCUT2D eigenvalue weighted by molar-refractivity contribution is 6.53. The Bertz CT molecular complexity index is 1590. The molecule has 4 rings (SSSR count). The third-order valence-electron chi connectivity index (χ3n) is 5.96. The number of benzene rings is 3. The van der Waals surface area contributed by atoms with Gasteiger partial charge in [-0.15, -0.1) is 23.2 Å². The highest BCUT2D eigenvalue weighted by atomic mass is 35.5. The molecule has 1 aliphatic carbocycles. The van der Waals surface area contributed by atoms with Gasteiger partial charge < -0.3 is 16.0 Å². The van der Waals surface area contributed by atoms with Gasteiger partial charge in [0.15, 0.2) is 0 Å². The molecule has 3 aromatic carbocycles. The third kappa shape index (κ3) is 6.40. The monoisotopic (exact) mass is 676 g/mol. The standard InChI is InChI=1S/C26H15Cl7N4O3/c27-14-4-2-12(35-25(40)21-20(26(21,32)33)11-1-3-15(28)17(30)9-11)10-13(14)24(39)36-18-6-5-16(29)23(22(18)31)37-19(38)7-8-34/h1-6,9-10,20-21H,7H2,(H,35,40)(H,36,39)(H,37,38)/t20-,21+/m0/s1. The van der Waals surface area contributed by atoms with Gasteiger partial charge in [-0.2, -0.15) is 5.26 Å². The molecule has 3 amide bonds. The summed E-state index contributed by atoms with van der Waals surface area (Å²) in [5.41, 5.74) is 1.07. The second-order valence-corrected chi connectivity index (χ2v) is 12.1. The van der Waals surface area contributed by atoms with Crippen LogP contribution in [0.15, 0.2) is 48.5 Å². The van der Waals surface area contributed by atoms with Gasteiger partial charge in [-0.1, -0.05) is 64.1 Å². The molecule has 0 spiro atoms. The first-order valence-electron chi connectivity index (χ1n) is 11.2. The van der Waals surface area contributed by atoms with E-state index in [0.717, 1.165) is 0 Å². The first-order chi connectivity index (χ1) is 18.8. The lowest BCUT2D eigenvalue weighted by atomic mass is 10.1. The molecule has 3 aromatic rings. The Morgan fingerprint density at radius 2 is 1.50 bits per heavy atom. The maximum Gasteiger partial charge on any atom is 0.257 e. The molecule has 1 fully saturated rings. The Hall–Kier alpha value is -2.41. The van der Waals surface area contributed by atoms with Crippen LogP contribution >= 0.6 is 81.2 Å². The van der Waals surface area contributed by atoms with E-state index < -0.39 is 40.3 Å². The molecule has 14 heteroatoms. The van der Waals surface area contributed by atoms with E-state index in [-0.39, 0.29) is 37.7 Å². The van der Waals surface area contributed by atoms with Crippen molar-refractivity contribution >= 4 is 116 Å². The molecule has 7 nitrogen and oxygen atoms in total. The summed E-state index contributed by atoms with van der Waals surface area (Å²) in [6, 6.07) is 13.8. The van der Waals surface area contributed by atoms with E-state index in [9.17, 15) is 14.4 Å². The number of nitrogens with zero attached hydrogens (tertiary/aromatic N) is 1. The molecule has 0 bridgehead atoms. The Balaban J connectivity index is 1.51. The molecule has 0 saturated heterocycles. The summed E-state index contributed by atoms with van der Waals surface area (Å²) in [6.07, 6.45) is -0.416. The fourth-order valence-electron chi connectivity index (χ4n) is 3.98. The van der Waals surface area contributed by atoms with E-state index in [1.807, 2.05) is 0 Å². The minimum absolute atomic E-state index is 0.0142. The third-order valence-corrected chi connectivity index (χ3v) is 8.68. The molecule has 0 heterocycles. The largest absolute Gasteiger partial charge is 0.326 e. The van der Waals surface area contributed by atoms with Crippen LogP contribution in [-0.4, -0.2) is 22.1 Å². The molecule has 0 aliphatic heterocycles. The zero-order chi connectivity index (χ0) is 29.4. The Labute approximate surface area is 263 Å². The normalized spacial score (nSPS) is 16.9. The van der Waals surface area contributed by atoms with E-state index in [0.29, 0.717) is 15.6 Å². The summed E-state index contributed by atoms with van der Waals surface area (Å²) in [7, 11) is 0. The molecule has 3 N–H and O–H groups in total. The number of carbonyl (C=O) groups excluding carboxylic acids is 3. The van der Waals surface area contributed by atoms with Crippen LogP contribution in [0.25, 0.3) is 0 Å². The van der Waals surface area contributed by atoms with E-state index in [1.54, 1.807) is 24.3 Å². The number of hydrogen-bond donors (Lipinski definition) is 3. The zero-order valence-corrected chi connectivity index (χ0v) is 25.1. The quantitative estimate of drug-likeness (QED) is 0.217. The van der Waals surface area contributed by atoms with Crippen LogP contribution in [0.5, 0.6) is 0 Å². The first kappa shape index (κ1) is 30.5. The molecule has 2 atom stereocenters. The Kier molecular flexibility index (Phi) is 9.33. The van der Waals surface area contributed by atoms with Crippen molar-refractivity contribution in [1.29, 1.82) is 5.26 Å². The van der Waals surface area contributed by atoms with Crippen LogP contribution in [0.4, 0.5) is 17.1 Å². The molecule has 0 radical (unpaired) electrons. The predicted octanol–water partition coefficient (Wildman–Crippen LogP) is 8.58. The number of nitrogens with one attached hydrogen (secondary N) is 3. The average molecular weight is 680 g/mol. The van der Waals surface area contributed by atoms with Gasteiger partial charge in [-0.25, -0.2) is 0 Å². The summed E-state index contributed by atoms with van der Waals surface area (Å²) < 4.78 is -1.38. The molecular weight excluding hydrogens is 664 g/mol. The predicted molar refractivity (Wildman–Crippen MR) is 160 cm³/mol. The fraction of sp³-hybridized carbons (Fsp3) is 0.154. The maximum absolute atomic E-state index is 13.1. The van der Waals surface area contributed by atoms with Gasteiger partial charge in [0.1, 0.15) is 10.8 Å². The van der Waals surface area contributed by atoms with Gasteiger partial charge in [-0.3, -0.25) is 14.4 Å². The topological polar surface area (TPSA) is 111 Å². The second-order valence-electron chi connectivity index (χ2n) is 8.61. The minimum Gasteiger partial charge on any atom is -0.326 e. The lowest BCUT2D eigenvalue weighted by molar-refractivity contribution is -0.117. The molecule has 1 saturated carbocycles. The first-order valence-corrected chi connectivity index (χ1v) is 13.9. The van der Waals surface area contributed by atoms with Crippen molar-refractivity contribution in [3.8, 4) is 6.07 Å². The highest BCUT2D eigenvalue weighted by Gasteiger charge is 2.67. The number of nitriles is 1. The van der Waals surface area contributed by atoms with Crippen molar-refractivity contribution in [2.75, 3.05) is 16.0 Å². The van der Waals surface area contributed by atoms with E-state index in [2.05, 4.69) is 16.0 Å². The van der Waals surface area contributed by atoms with Crippen LogP contribution in [0.3, 0.4) is 0 Å². The Morgan fingerprint density at radius 1 is 0.825 bits per heavy atom. The van der Waals surface area contributed by atoms with Gasteiger partial charge in [0.25, 0.3) is 5.91 Å². The van der Waals surface area contributed by atoms with Crippen LogP contribution in [-0.2, 0) is 9.59 Å². The smallest absolute Gasteiger partial charge is 0.257 e. The van der Waals surface area contributed by atoms with Crippen LogP contribution < -0.4 is 16.0 Å². The zero-order valence-electron chi connectivity index (χ0n) is 19.8. The number of amides is 3. The van der Waals surface area contributed by atoms with Crippen LogP contribution in [0.1, 0.15) is 28.3 Å². The molecule has 206 valence electrons. The lowest BCUT2D eigenvalue weighted by Crippen LogP contribution is -2.18. The van der Waals surface area contributed by atoms with Gasteiger partial charge in [-0.05, 0) is 48.0 Å². The van der Waals surface area contributed by atoms with E-state index in [1.165, 1.54) is 30.3 Å². The maximum atomic E-state index is 13.1. The van der Waals surface area contributed by atoms with Crippen molar-refractivity contribution in [3.63, 3.8) is 0 Å². The number of halogens is 7. The van der Waals surface area contributed by atoms with Crippen LogP contribution in [0, 0.1) is 17.2 Å². The van der Waals surface area contributed by atoms with Crippen LogP contribution in [0.2, 0.25) is 25.1 Å². The van der Waals surface area contributed by atoms with Gasteiger partial charge in [0.2, 0.25) is 11.8 Å². The lowest BCUT2D eigenvalue weighted by Gasteiger charge is -2.14. The molecule has 0 aromatic heterocycles. The molecular formula is C26H15Cl7N4O3. The summed E-state index contributed by atoms with van der Waals surface area (Å²) in [5, 5.41) is 17.2. The number of rotatable bonds is 7. The van der Waals surface area contributed by atoms with Crippen molar-refractivity contribution in [2.45, 2.75) is 16.7 Å². The van der Waals surface area contributed by atoms with Gasteiger partial charge in [0.05, 0.1) is 54.0 Å². The molecule has 1 aliphatic rings. The number of hydrogen-bond acceptors (Lipinski definition) is 4. The molecule has 40 heavy (non-hydrogen) atoms. The van der Waals surface area contributed by atoms with Gasteiger partial charge in [0, 0.05) is 11.6 Å².